The van der Waals surface area contributed by atoms with Gasteiger partial charge in [0, 0.05) is 5.56 Å². The Morgan fingerprint density at radius 3 is 2.89 bits per heavy atom. The van der Waals surface area contributed by atoms with Crippen LogP contribution in [0.5, 0.6) is 5.75 Å². The van der Waals surface area contributed by atoms with Crippen molar-refractivity contribution in [2.45, 2.75) is 32.4 Å². The molecule has 0 saturated carbocycles. The van der Waals surface area contributed by atoms with E-state index in [1.165, 1.54) is 0 Å². The van der Waals surface area contributed by atoms with Gasteiger partial charge in [-0.05, 0) is 26.8 Å². The number of rotatable bonds is 1. The smallest absolute Gasteiger partial charge is 0.408 e. The first-order valence-corrected chi connectivity index (χ1v) is 6.03. The van der Waals surface area contributed by atoms with E-state index in [2.05, 4.69) is 10.2 Å². The van der Waals surface area contributed by atoms with E-state index >= 15 is 0 Å². The molecule has 0 aliphatic carbocycles. The van der Waals surface area contributed by atoms with Crippen LogP contribution in [0.15, 0.2) is 18.2 Å². The van der Waals surface area contributed by atoms with Crippen LogP contribution in [0.4, 0.5) is 10.5 Å². The van der Waals surface area contributed by atoms with Gasteiger partial charge in [0.2, 0.25) is 0 Å². The van der Waals surface area contributed by atoms with Crippen LogP contribution in [0.25, 0.3) is 4.85 Å². The molecule has 1 heterocycles. The molecule has 1 N–H and O–H groups in total. The van der Waals surface area contributed by atoms with E-state index in [4.69, 9.17) is 16.0 Å². The van der Waals surface area contributed by atoms with Crippen molar-refractivity contribution < 1.29 is 14.3 Å². The monoisotopic (exact) mass is 260 g/mol. The summed E-state index contributed by atoms with van der Waals surface area (Å²) < 4.78 is 10.7. The number of nitrogens with zero attached hydrogens (tertiary/aromatic N) is 1. The van der Waals surface area contributed by atoms with Gasteiger partial charge in [0.05, 0.1) is 12.6 Å². The molecule has 1 aromatic rings. The predicted octanol–water partition coefficient (Wildman–Crippen LogP) is 3.20. The molecule has 1 amide bonds. The number of hydrogen-bond acceptors (Lipinski definition) is 3. The van der Waals surface area contributed by atoms with Crippen LogP contribution in [0, 0.1) is 6.57 Å². The minimum absolute atomic E-state index is 0.232. The molecule has 0 bridgehead atoms. The molecule has 2 rings (SSSR count). The van der Waals surface area contributed by atoms with Gasteiger partial charge in [-0.2, -0.15) is 0 Å². The Bertz CT molecular complexity index is 541. The first-order valence-electron chi connectivity index (χ1n) is 6.03. The zero-order chi connectivity index (χ0) is 14.0. The van der Waals surface area contributed by atoms with Crippen molar-refractivity contribution in [3.63, 3.8) is 0 Å². The molecule has 5 nitrogen and oxygen atoms in total. The fraction of sp³-hybridized carbons (Fsp3) is 0.429. The van der Waals surface area contributed by atoms with Gasteiger partial charge in [0.1, 0.15) is 18.0 Å². The molecule has 0 radical (unpaired) electrons. The van der Waals surface area contributed by atoms with Crippen LogP contribution in [-0.2, 0) is 4.74 Å². The minimum Gasteiger partial charge on any atom is -0.492 e. The van der Waals surface area contributed by atoms with Crippen molar-refractivity contribution in [1.29, 1.82) is 0 Å². The summed E-state index contributed by atoms with van der Waals surface area (Å²) in [6.07, 6.45) is -0.469. The van der Waals surface area contributed by atoms with E-state index in [0.717, 1.165) is 5.56 Å². The van der Waals surface area contributed by atoms with Crippen LogP contribution in [-0.4, -0.2) is 18.3 Å². The molecule has 1 aromatic carbocycles. The fourth-order valence-corrected chi connectivity index (χ4v) is 1.84. The zero-order valence-electron chi connectivity index (χ0n) is 11.2. The van der Waals surface area contributed by atoms with Crippen molar-refractivity contribution in [3.8, 4) is 5.75 Å². The van der Waals surface area contributed by atoms with E-state index in [-0.39, 0.29) is 6.04 Å². The van der Waals surface area contributed by atoms with Crippen LogP contribution >= 0.6 is 0 Å². The summed E-state index contributed by atoms with van der Waals surface area (Å²) in [4.78, 5) is 15.1. The number of carbonyl (C=O) groups is 1. The highest BCUT2D eigenvalue weighted by atomic mass is 16.6. The number of hydrogen-bond donors (Lipinski definition) is 1. The van der Waals surface area contributed by atoms with Crippen LogP contribution in [0.1, 0.15) is 32.4 Å². The third-order valence-electron chi connectivity index (χ3n) is 2.60. The topological polar surface area (TPSA) is 51.9 Å². The number of nitrogens with one attached hydrogen (secondary N) is 1. The first kappa shape index (κ1) is 13.2. The number of carbonyl (C=O) groups excluding carboxylic acids is 1. The van der Waals surface area contributed by atoms with Crippen molar-refractivity contribution in [3.05, 3.63) is 35.2 Å². The third kappa shape index (κ3) is 3.16. The minimum atomic E-state index is -0.527. The lowest BCUT2D eigenvalue weighted by Gasteiger charge is -2.21. The van der Waals surface area contributed by atoms with Crippen LogP contribution in [0.3, 0.4) is 0 Å². The molecule has 0 saturated heterocycles. The maximum absolute atomic E-state index is 11.7. The Hall–Kier alpha value is -2.22. The Morgan fingerprint density at radius 1 is 1.53 bits per heavy atom. The molecule has 0 fully saturated rings. The van der Waals surface area contributed by atoms with Gasteiger partial charge in [-0.15, -0.1) is 0 Å². The van der Waals surface area contributed by atoms with Crippen LogP contribution < -0.4 is 10.1 Å². The normalized spacial score (nSPS) is 17.1. The number of ether oxygens (including phenoxy) is 2. The Balaban J connectivity index is 2.07. The largest absolute Gasteiger partial charge is 0.492 e. The third-order valence-corrected chi connectivity index (χ3v) is 2.60. The maximum atomic E-state index is 11.7. The summed E-state index contributed by atoms with van der Waals surface area (Å²) >= 11 is 0. The van der Waals surface area contributed by atoms with Crippen molar-refractivity contribution in [2.24, 2.45) is 0 Å². The van der Waals surface area contributed by atoms with Gasteiger partial charge in [0.25, 0.3) is 0 Å². The summed E-state index contributed by atoms with van der Waals surface area (Å²) in [6.45, 7) is 12.7. The predicted molar refractivity (Wildman–Crippen MR) is 70.3 cm³/mol. The highest BCUT2D eigenvalue weighted by molar-refractivity contribution is 5.69. The number of amides is 1. The van der Waals surface area contributed by atoms with Gasteiger partial charge in [-0.1, -0.05) is 12.1 Å². The van der Waals surface area contributed by atoms with Gasteiger partial charge < -0.3 is 14.8 Å². The van der Waals surface area contributed by atoms with Crippen molar-refractivity contribution >= 4 is 11.8 Å². The van der Waals surface area contributed by atoms with Gasteiger partial charge in [0.15, 0.2) is 5.69 Å². The number of fused-ring (bicyclic) bond motifs is 1. The molecule has 19 heavy (non-hydrogen) atoms. The highest BCUT2D eigenvalue weighted by Gasteiger charge is 2.27. The van der Waals surface area contributed by atoms with Gasteiger partial charge in [-0.3, -0.25) is 0 Å². The van der Waals surface area contributed by atoms with Crippen LogP contribution in [0.2, 0.25) is 0 Å². The lowest BCUT2D eigenvalue weighted by Crippen LogP contribution is -2.35. The molecule has 1 aliphatic heterocycles. The van der Waals surface area contributed by atoms with E-state index in [1.807, 2.05) is 20.8 Å². The summed E-state index contributed by atoms with van der Waals surface area (Å²) in [6, 6.07) is 4.96. The zero-order valence-corrected chi connectivity index (χ0v) is 11.2. The molecule has 0 spiro atoms. The molecular formula is C14H16N2O3. The van der Waals surface area contributed by atoms with E-state index < -0.39 is 11.7 Å². The summed E-state index contributed by atoms with van der Waals surface area (Å²) in [7, 11) is 0. The quantitative estimate of drug-likeness (QED) is 0.789. The van der Waals surface area contributed by atoms with Crippen molar-refractivity contribution in [2.75, 3.05) is 6.61 Å². The highest BCUT2D eigenvalue weighted by Crippen LogP contribution is 2.35. The first-order chi connectivity index (χ1) is 8.89. The van der Waals surface area contributed by atoms with Crippen molar-refractivity contribution in [1.82, 2.24) is 5.32 Å². The molecule has 1 aliphatic rings. The molecule has 0 aromatic heterocycles. The average molecular weight is 260 g/mol. The Kier molecular flexibility index (Phi) is 3.34. The standard InChI is InChI=1S/C14H16N2O3/c1-14(2,3)19-13(17)16-11-8-18-12-7-9(15-4)5-6-10(11)12/h5-7,11H,8H2,1-3H3,(H,16,17). The van der Waals surface area contributed by atoms with E-state index in [9.17, 15) is 4.79 Å². The summed E-state index contributed by atoms with van der Waals surface area (Å²) in [5.74, 6) is 0.648. The lowest BCUT2D eigenvalue weighted by molar-refractivity contribution is 0.0497. The Labute approximate surface area is 112 Å². The number of benzene rings is 1. The molecule has 1 unspecified atom stereocenters. The SMILES string of the molecule is [C-]#[N+]c1ccc2c(c1)OCC2NC(=O)OC(C)(C)C. The molecular weight excluding hydrogens is 244 g/mol. The van der Waals surface area contributed by atoms with Gasteiger partial charge in [-0.25, -0.2) is 9.64 Å². The second kappa shape index (κ2) is 4.81. The number of alkyl carbamates (subject to hydrolysis) is 1. The summed E-state index contributed by atoms with van der Waals surface area (Å²) in [5.41, 5.74) is 0.871. The molecule has 100 valence electrons. The van der Waals surface area contributed by atoms with E-state index in [0.29, 0.717) is 18.0 Å². The van der Waals surface area contributed by atoms with Gasteiger partial charge >= 0.3 is 6.09 Å². The second-order valence-electron chi connectivity index (χ2n) is 5.34. The fourth-order valence-electron chi connectivity index (χ4n) is 1.84. The maximum Gasteiger partial charge on any atom is 0.408 e. The second-order valence-corrected chi connectivity index (χ2v) is 5.34. The lowest BCUT2D eigenvalue weighted by atomic mass is 10.1. The molecule has 1 atom stereocenters. The average Bonchev–Trinajstić information content (AvgIpc) is 2.69. The summed E-state index contributed by atoms with van der Waals surface area (Å²) in [5, 5.41) is 2.77. The molecule has 5 heteroatoms. The Morgan fingerprint density at radius 2 is 2.26 bits per heavy atom. The van der Waals surface area contributed by atoms with E-state index in [1.54, 1.807) is 18.2 Å².